The van der Waals surface area contributed by atoms with E-state index in [0.29, 0.717) is 70.1 Å². The van der Waals surface area contributed by atoms with E-state index in [4.69, 9.17) is 27.1 Å². The molecular weight excluding hydrogens is 1730 g/mol. The molecule has 0 aliphatic rings. The number of rotatable bonds is 28. The van der Waals surface area contributed by atoms with Gasteiger partial charge in [0.05, 0.1) is 13.2 Å². The van der Waals surface area contributed by atoms with Crippen LogP contribution in [-0.4, -0.2) is 82.8 Å². The zero-order valence-electron chi connectivity index (χ0n) is 93.7. The van der Waals surface area contributed by atoms with Gasteiger partial charge in [0, 0.05) is 219 Å². The summed E-state index contributed by atoms with van der Waals surface area (Å²) < 4.78 is 16.6. The quantitative estimate of drug-likeness (QED) is 0.0571. The smallest absolute Gasteiger partial charge is 0.223 e. The molecule has 0 fully saturated rings. The molecule has 3 N–H and O–H groups in total. The summed E-state index contributed by atoms with van der Waals surface area (Å²) in [6.07, 6.45) is 22.8. The third-order valence-corrected chi connectivity index (χ3v) is 18.2. The molecule has 2 atom stereocenters. The molecule has 0 aliphatic heterocycles. The summed E-state index contributed by atoms with van der Waals surface area (Å²) in [5, 5.41) is 9.12. The van der Waals surface area contributed by atoms with E-state index in [0.717, 1.165) is 110 Å². The average Bonchev–Trinajstić information content (AvgIpc) is 0.847. The molecular formula is C131H171N3O7. The maximum Gasteiger partial charge on any atom is 0.223 e. The molecule has 0 unspecified atom stereocenters. The zero-order valence-corrected chi connectivity index (χ0v) is 93.7. The molecule has 0 heterocycles. The van der Waals surface area contributed by atoms with Gasteiger partial charge in [-0.15, -0.1) is 12.8 Å². The van der Waals surface area contributed by atoms with Crippen molar-refractivity contribution in [3.05, 3.63) is 71.8 Å². The number of Topliss-reactive ketones (excluding diaryl/α,β-unsaturated/α-hetero) is 1. The molecule has 2 aromatic rings. The number of terminal acetylenes is 2. The topological polar surface area (TPSA) is 132 Å². The van der Waals surface area contributed by atoms with Gasteiger partial charge in [-0.3, -0.25) is 19.2 Å². The highest BCUT2D eigenvalue weighted by atomic mass is 16.5. The number of benzene rings is 2. The molecule has 0 saturated carbocycles. The third-order valence-electron chi connectivity index (χ3n) is 18.2. The number of nitrogens with one attached hydrogen (secondary N) is 3. The SMILES string of the molecule is C#CC#CC#CC#CC#CC#CC#CC#CC#CC#CC#CC#CC#CC#CC#CC#CC#CC#CC#CC#CC#C.CC(C)(C)CCC(C)(C)C.CC(C)(C)CCNC(=O)CC(C)(C)C.CC(C)(C)CCNC(=O)[C@@H](CC(=O)CC(C)(C)C)Cc1ccccc1.CC(C)(C)CCNC(=O)[C@H](Cc1ccccc1)C(C)(C)C.CC(C)(C)CCOCCC(C)(C)C.CC(C)(C)CCOCCOCCC(C)(C)C. The van der Waals surface area contributed by atoms with Crippen molar-refractivity contribution in [3.63, 3.8) is 0 Å². The van der Waals surface area contributed by atoms with E-state index in [1.165, 1.54) is 18.4 Å². The van der Waals surface area contributed by atoms with E-state index in [1.54, 1.807) is 0 Å². The van der Waals surface area contributed by atoms with Gasteiger partial charge in [-0.2, -0.15) is 0 Å². The summed E-state index contributed by atoms with van der Waals surface area (Å²) in [6.45, 7) is 86.3. The van der Waals surface area contributed by atoms with Gasteiger partial charge in [0.15, 0.2) is 0 Å². The largest absolute Gasteiger partial charge is 0.381 e. The fraction of sp³-hybridized carbons (Fsp3) is 0.557. The lowest BCUT2D eigenvalue weighted by molar-refractivity contribution is -0.130. The highest BCUT2D eigenvalue weighted by molar-refractivity contribution is 5.87. The van der Waals surface area contributed by atoms with Gasteiger partial charge in [-0.1, -0.05) is 310 Å². The minimum Gasteiger partial charge on any atom is -0.381 e. The Morgan fingerprint density at radius 2 is 0.461 bits per heavy atom. The highest BCUT2D eigenvalue weighted by Crippen LogP contribution is 2.32. The second kappa shape index (κ2) is 77.0. The Kier molecular flexibility index (Phi) is 74.6. The Hall–Kier alpha value is -12.8. The Morgan fingerprint density at radius 1 is 0.248 bits per heavy atom. The van der Waals surface area contributed by atoms with Gasteiger partial charge >= 0.3 is 0 Å². The molecule has 141 heavy (non-hydrogen) atoms. The Bertz CT molecular complexity index is 5300. The van der Waals surface area contributed by atoms with Crippen molar-refractivity contribution in [3.8, 4) is 250 Å². The summed E-state index contributed by atoms with van der Waals surface area (Å²) in [7, 11) is 0. The van der Waals surface area contributed by atoms with Crippen molar-refractivity contribution < 1.29 is 33.4 Å². The first-order chi connectivity index (χ1) is 65.2. The molecule has 0 saturated heterocycles. The molecule has 0 spiro atoms. The Morgan fingerprint density at radius 3 is 0.681 bits per heavy atom. The van der Waals surface area contributed by atoms with Crippen LogP contribution in [0.2, 0.25) is 0 Å². The summed E-state index contributed by atoms with van der Waals surface area (Å²) in [5.74, 6) is 98.3. The third kappa shape index (κ3) is 119. The standard InChI is InChI=1S/C42H2.C22H35NO2.C19H31NO.C14H30O2.C12H25NO.C12H26O.C10H22/c1-3-5-7-9-11-13-15-17-19-21-23-25-27-29-31-33-35-37-39-41-42-40-38-36-34-32-30-28-26-24-22-20-18-16-14-12-10-8-6-4-2;1-21(2,3)12-13-23-20(25)18(14-17-10-8-7-9-11-17)15-19(24)16-22(4,5)6;1-18(2,3)12-13-20-17(21)16(19(4,5)6)14-15-10-8-7-9-11-15;1-13(2,3)7-9-15-11-12-16-10-8-14(4,5)6;1-11(2,3)7-8-13-10(14)9-12(4,5)6;1-11(2,3)7-9-13-10-8-12(4,5)6;1-9(2,3)7-8-10(4,5)6/h1-2H;7-11,18H,12-16H2,1-6H3,(H,23,25);7-11,16H,12-14H2,1-6H3,(H,20,21);7-12H2,1-6H3;7-9H2,1-6H3,(H,13,14);7-10H2,1-6H3;7-8H2,1-6H3/t;18-;16-;;;;/m.10..../s1. The predicted molar refractivity (Wildman–Crippen MR) is 598 cm³/mol. The van der Waals surface area contributed by atoms with Crippen molar-refractivity contribution in [1.29, 1.82) is 0 Å². The number of amides is 3. The van der Waals surface area contributed by atoms with Crippen LogP contribution in [0.3, 0.4) is 0 Å². The lowest BCUT2D eigenvalue weighted by Crippen LogP contribution is -2.40. The molecule has 2 rings (SSSR count). The number of hydrogen-bond donors (Lipinski definition) is 3. The molecule has 0 aliphatic carbocycles. The average molecular weight is 1900 g/mol. The van der Waals surface area contributed by atoms with Crippen molar-refractivity contribution in [1.82, 2.24) is 16.0 Å². The van der Waals surface area contributed by atoms with E-state index in [2.05, 4.69) is 514 Å². The molecule has 10 heteroatoms. The molecule has 0 bridgehead atoms. The minimum absolute atomic E-state index is 0.000122. The van der Waals surface area contributed by atoms with Crippen LogP contribution in [0, 0.1) is 326 Å². The van der Waals surface area contributed by atoms with Crippen LogP contribution < -0.4 is 16.0 Å². The van der Waals surface area contributed by atoms with Crippen LogP contribution in [0.4, 0.5) is 0 Å². The Balaban J connectivity index is -0.000000539. The first kappa shape index (κ1) is 137. The molecule has 0 aromatic heterocycles. The van der Waals surface area contributed by atoms with Crippen molar-refractivity contribution in [2.75, 3.05) is 59.3 Å². The molecule has 2 aromatic carbocycles. The van der Waals surface area contributed by atoms with Gasteiger partial charge in [0.25, 0.3) is 0 Å². The summed E-state index contributed by atoms with van der Waals surface area (Å²) >= 11 is 0. The van der Waals surface area contributed by atoms with Gasteiger partial charge < -0.3 is 30.2 Å². The van der Waals surface area contributed by atoms with Gasteiger partial charge in [-0.25, -0.2) is 0 Å². The maximum atomic E-state index is 12.7. The number of hydrogen-bond acceptors (Lipinski definition) is 7. The van der Waals surface area contributed by atoms with E-state index in [9.17, 15) is 19.2 Å². The summed E-state index contributed by atoms with van der Waals surface area (Å²) in [6, 6.07) is 20.2. The second-order valence-electron chi connectivity index (χ2n) is 47.8. The van der Waals surface area contributed by atoms with Gasteiger partial charge in [-0.05, 0) is 241 Å². The summed E-state index contributed by atoms with van der Waals surface area (Å²) in [5.41, 5.74) is 5.63. The molecule has 752 valence electrons. The van der Waals surface area contributed by atoms with Gasteiger partial charge in [0.2, 0.25) is 17.7 Å². The van der Waals surface area contributed by atoms with Crippen LogP contribution in [0.15, 0.2) is 60.7 Å². The van der Waals surface area contributed by atoms with Crippen LogP contribution in [0.1, 0.15) is 337 Å². The number of ether oxygens (including phenoxy) is 3. The predicted octanol–water partition coefficient (Wildman–Crippen LogP) is 24.2. The van der Waals surface area contributed by atoms with Crippen LogP contribution in [0.5, 0.6) is 0 Å². The maximum absolute atomic E-state index is 12.7. The van der Waals surface area contributed by atoms with Gasteiger partial charge in [0.1, 0.15) is 5.78 Å². The number of carbonyl (C=O) groups is 4. The van der Waals surface area contributed by atoms with Crippen molar-refractivity contribution >= 4 is 23.5 Å². The van der Waals surface area contributed by atoms with E-state index in [-0.39, 0.29) is 62.4 Å². The number of ketones is 1. The van der Waals surface area contributed by atoms with Crippen LogP contribution in [-0.2, 0) is 46.2 Å². The molecule has 10 nitrogen and oxygen atoms in total. The van der Waals surface area contributed by atoms with Crippen LogP contribution >= 0.6 is 0 Å². The molecule has 0 radical (unpaired) electrons. The normalized spacial score (nSPS) is 10.5. The van der Waals surface area contributed by atoms with Crippen LogP contribution in [0.25, 0.3) is 0 Å². The van der Waals surface area contributed by atoms with Crippen molar-refractivity contribution in [2.24, 2.45) is 76.8 Å². The fourth-order valence-electron chi connectivity index (χ4n) is 10.1. The number of carbonyl (C=O) groups excluding carboxylic acids is 4. The van der Waals surface area contributed by atoms with E-state index < -0.39 is 0 Å². The van der Waals surface area contributed by atoms with E-state index in [1.807, 2.05) is 48.5 Å². The van der Waals surface area contributed by atoms with Crippen molar-refractivity contribution in [2.45, 2.75) is 339 Å². The fourth-order valence-corrected chi connectivity index (χ4v) is 10.1. The summed E-state index contributed by atoms with van der Waals surface area (Å²) in [4.78, 5) is 49.1. The monoisotopic (exact) mass is 1900 g/mol. The Labute approximate surface area is 864 Å². The highest BCUT2D eigenvalue weighted by Gasteiger charge is 2.32. The minimum atomic E-state index is -0.294. The lowest BCUT2D eigenvalue weighted by atomic mass is 9.76. The first-order valence-corrected chi connectivity index (χ1v) is 48.8. The first-order valence-electron chi connectivity index (χ1n) is 48.8. The van der Waals surface area contributed by atoms with E-state index >= 15 is 0 Å². The second-order valence-corrected chi connectivity index (χ2v) is 47.8. The zero-order chi connectivity index (χ0) is 108. The lowest BCUT2D eigenvalue weighted by Gasteiger charge is -2.30. The molecule has 3 amide bonds.